The van der Waals surface area contributed by atoms with Gasteiger partial charge in [0.1, 0.15) is 4.21 Å². The van der Waals surface area contributed by atoms with Crippen LogP contribution in [0.4, 0.5) is 0 Å². The number of halogens is 1. The van der Waals surface area contributed by atoms with Crippen LogP contribution in [0, 0.1) is 0 Å². The van der Waals surface area contributed by atoms with Crippen LogP contribution >= 0.6 is 22.9 Å². The van der Waals surface area contributed by atoms with Crippen molar-refractivity contribution in [2.75, 3.05) is 0 Å². The molecule has 0 radical (unpaired) electrons. The van der Waals surface area contributed by atoms with Crippen LogP contribution in [0.1, 0.15) is 17.3 Å². The molecule has 0 aliphatic heterocycles. The van der Waals surface area contributed by atoms with Crippen LogP contribution in [0.3, 0.4) is 0 Å². The Morgan fingerprint density at radius 1 is 0.938 bits per heavy atom. The van der Waals surface area contributed by atoms with Gasteiger partial charge in [-0.2, -0.15) is 4.72 Å². The smallest absolute Gasteiger partial charge is 0.250 e. The average Bonchev–Trinajstić information content (AvgIpc) is 3.48. The van der Waals surface area contributed by atoms with Crippen molar-refractivity contribution in [3.63, 3.8) is 0 Å². The summed E-state index contributed by atoms with van der Waals surface area (Å²) in [5, 5.41) is 3.26. The normalized spacial score (nSPS) is 12.8. The molecule has 2 aromatic carbocycles. The molecule has 0 saturated carbocycles. The molecule has 3 heterocycles. The summed E-state index contributed by atoms with van der Waals surface area (Å²) in [6.45, 7) is 0. The summed E-state index contributed by atoms with van der Waals surface area (Å²) in [7, 11) is -3.78. The first-order valence-corrected chi connectivity index (χ1v) is 12.5. The highest BCUT2D eigenvalue weighted by Gasteiger charge is 2.28. The van der Waals surface area contributed by atoms with Gasteiger partial charge in [0.05, 0.1) is 11.6 Å². The van der Waals surface area contributed by atoms with Crippen molar-refractivity contribution >= 4 is 43.9 Å². The second-order valence-corrected chi connectivity index (χ2v) is 10.4. The van der Waals surface area contributed by atoms with E-state index in [4.69, 9.17) is 11.6 Å². The molecular weight excluding hydrogens is 464 g/mol. The fourth-order valence-electron chi connectivity index (χ4n) is 3.60. The fourth-order valence-corrected chi connectivity index (χ4v) is 5.94. The first-order chi connectivity index (χ1) is 15.5. The Morgan fingerprint density at radius 3 is 2.41 bits per heavy atom. The molecule has 0 bridgehead atoms. The molecule has 1 unspecified atom stereocenters. The third kappa shape index (κ3) is 3.93. The molecule has 0 saturated heterocycles. The van der Waals surface area contributed by atoms with Crippen molar-refractivity contribution in [3.8, 4) is 5.95 Å². The molecule has 0 aliphatic carbocycles. The number of sulfonamides is 1. The number of rotatable bonds is 6. The summed E-state index contributed by atoms with van der Waals surface area (Å²) in [6, 6.07) is 21.2. The van der Waals surface area contributed by atoms with Gasteiger partial charge in [-0.05, 0) is 47.3 Å². The molecule has 5 rings (SSSR count). The molecular formula is C23H17ClN4O2S2. The third-order valence-corrected chi connectivity index (χ3v) is 8.10. The Morgan fingerprint density at radius 2 is 1.69 bits per heavy atom. The first kappa shape index (κ1) is 20.8. The molecule has 3 aromatic heterocycles. The van der Waals surface area contributed by atoms with Gasteiger partial charge in [0.15, 0.2) is 0 Å². The summed E-state index contributed by atoms with van der Waals surface area (Å²) < 4.78 is 31.4. The molecule has 1 N–H and O–H groups in total. The van der Waals surface area contributed by atoms with Crippen LogP contribution in [0.15, 0.2) is 94.8 Å². The Hall–Kier alpha value is -3.04. The molecule has 5 aromatic rings. The number of aromatic nitrogens is 3. The topological polar surface area (TPSA) is 76.9 Å². The zero-order valence-electron chi connectivity index (χ0n) is 16.6. The van der Waals surface area contributed by atoms with Crippen LogP contribution < -0.4 is 4.72 Å². The number of hydrogen-bond donors (Lipinski definition) is 1. The van der Waals surface area contributed by atoms with E-state index in [0.29, 0.717) is 16.7 Å². The summed E-state index contributed by atoms with van der Waals surface area (Å²) in [6.07, 6.45) is 3.32. The van der Waals surface area contributed by atoms with Crippen molar-refractivity contribution in [3.05, 3.63) is 107 Å². The zero-order chi connectivity index (χ0) is 22.1. The van der Waals surface area contributed by atoms with Gasteiger partial charge in [-0.1, -0.05) is 48.0 Å². The number of nitrogens with zero attached hydrogens (tertiary/aromatic N) is 3. The van der Waals surface area contributed by atoms with Gasteiger partial charge in [-0.15, -0.1) is 11.3 Å². The van der Waals surface area contributed by atoms with Crippen molar-refractivity contribution in [2.24, 2.45) is 0 Å². The largest absolute Gasteiger partial charge is 0.280 e. The van der Waals surface area contributed by atoms with Crippen LogP contribution in [0.2, 0.25) is 5.02 Å². The van der Waals surface area contributed by atoms with Gasteiger partial charge in [0.25, 0.3) is 10.0 Å². The van der Waals surface area contributed by atoms with E-state index >= 15 is 0 Å². The predicted octanol–water partition coefficient (Wildman–Crippen LogP) is 5.20. The lowest BCUT2D eigenvalue weighted by molar-refractivity contribution is 0.570. The molecule has 0 fully saturated rings. The van der Waals surface area contributed by atoms with Crippen molar-refractivity contribution < 1.29 is 8.42 Å². The highest BCUT2D eigenvalue weighted by Crippen LogP contribution is 2.32. The maximum atomic E-state index is 13.2. The number of benzene rings is 2. The number of thiophene rings is 1. The van der Waals surface area contributed by atoms with Crippen molar-refractivity contribution in [1.82, 2.24) is 19.3 Å². The quantitative estimate of drug-likeness (QED) is 0.362. The van der Waals surface area contributed by atoms with Crippen molar-refractivity contribution in [2.45, 2.75) is 10.3 Å². The van der Waals surface area contributed by atoms with E-state index in [1.165, 1.54) is 11.3 Å². The molecule has 0 amide bonds. The van der Waals surface area contributed by atoms with Crippen LogP contribution in [0.5, 0.6) is 0 Å². The van der Waals surface area contributed by atoms with E-state index in [-0.39, 0.29) is 4.21 Å². The van der Waals surface area contributed by atoms with Gasteiger partial charge in [-0.25, -0.2) is 18.4 Å². The van der Waals surface area contributed by atoms with E-state index in [0.717, 1.165) is 16.5 Å². The van der Waals surface area contributed by atoms with E-state index < -0.39 is 16.1 Å². The number of para-hydroxylation sites is 1. The van der Waals surface area contributed by atoms with E-state index in [9.17, 15) is 8.42 Å². The lowest BCUT2D eigenvalue weighted by atomic mass is 10.0. The first-order valence-electron chi connectivity index (χ1n) is 9.72. The third-order valence-electron chi connectivity index (χ3n) is 5.02. The molecule has 160 valence electrons. The average molecular weight is 481 g/mol. The molecule has 6 nitrogen and oxygen atoms in total. The van der Waals surface area contributed by atoms with E-state index in [2.05, 4.69) is 14.7 Å². The SMILES string of the molecule is O=S(=O)(NC(c1ccc(Cl)cc1)c1cc2ccccc2n1-c1ncccn1)c1cccs1. The van der Waals surface area contributed by atoms with Crippen LogP contribution in [-0.4, -0.2) is 23.0 Å². The number of fused-ring (bicyclic) bond motifs is 1. The highest BCUT2D eigenvalue weighted by atomic mass is 35.5. The van der Waals surface area contributed by atoms with Gasteiger partial charge in [-0.3, -0.25) is 4.57 Å². The lowest BCUT2D eigenvalue weighted by Crippen LogP contribution is -2.30. The second kappa shape index (κ2) is 8.48. The Kier molecular flexibility index (Phi) is 5.52. The molecule has 32 heavy (non-hydrogen) atoms. The second-order valence-electron chi connectivity index (χ2n) is 7.05. The van der Waals surface area contributed by atoms with E-state index in [1.54, 1.807) is 48.1 Å². The molecule has 1 atom stereocenters. The standard InChI is InChI=1S/C23H17ClN4O2S2/c24-18-10-8-16(9-11-18)22(27-32(29,30)21-7-3-14-31-21)20-15-17-5-1-2-6-19(17)28(20)23-25-12-4-13-26-23/h1-15,22,27H. The Bertz CT molecular complexity index is 1470. The molecule has 0 spiro atoms. The van der Waals surface area contributed by atoms with Gasteiger partial charge in [0.2, 0.25) is 5.95 Å². The molecule has 0 aliphatic rings. The number of nitrogens with one attached hydrogen (secondary N) is 1. The minimum atomic E-state index is -3.78. The van der Waals surface area contributed by atoms with Crippen LogP contribution in [-0.2, 0) is 10.0 Å². The summed E-state index contributed by atoms with van der Waals surface area (Å²) in [5.74, 6) is 0.456. The van der Waals surface area contributed by atoms with Gasteiger partial charge < -0.3 is 0 Å². The number of hydrogen-bond acceptors (Lipinski definition) is 5. The predicted molar refractivity (Wildman–Crippen MR) is 127 cm³/mol. The lowest BCUT2D eigenvalue weighted by Gasteiger charge is -2.21. The monoisotopic (exact) mass is 480 g/mol. The Balaban J connectivity index is 1.74. The van der Waals surface area contributed by atoms with Crippen LogP contribution in [0.25, 0.3) is 16.9 Å². The van der Waals surface area contributed by atoms with Gasteiger partial charge in [0, 0.05) is 28.5 Å². The highest BCUT2D eigenvalue weighted by molar-refractivity contribution is 7.91. The zero-order valence-corrected chi connectivity index (χ0v) is 19.0. The Labute approximate surface area is 194 Å². The minimum Gasteiger partial charge on any atom is -0.280 e. The minimum absolute atomic E-state index is 0.245. The summed E-state index contributed by atoms with van der Waals surface area (Å²) in [4.78, 5) is 8.85. The van der Waals surface area contributed by atoms with Gasteiger partial charge >= 0.3 is 0 Å². The van der Waals surface area contributed by atoms with Crippen molar-refractivity contribution in [1.29, 1.82) is 0 Å². The summed E-state index contributed by atoms with van der Waals surface area (Å²) in [5.41, 5.74) is 2.32. The maximum Gasteiger partial charge on any atom is 0.250 e. The fraction of sp³-hybridized carbons (Fsp3) is 0.0435. The molecule has 9 heteroatoms. The van der Waals surface area contributed by atoms with E-state index in [1.807, 2.05) is 47.0 Å². The maximum absolute atomic E-state index is 13.2. The summed E-state index contributed by atoms with van der Waals surface area (Å²) >= 11 is 7.27.